The van der Waals surface area contributed by atoms with Gasteiger partial charge < -0.3 is 5.32 Å². The molecule has 3 aromatic heterocycles. The molecule has 32 heavy (non-hydrogen) atoms. The first kappa shape index (κ1) is 22.3. The van der Waals surface area contributed by atoms with Gasteiger partial charge in [0.2, 0.25) is 5.82 Å². The second-order valence-corrected chi connectivity index (χ2v) is 9.93. The maximum atomic E-state index is 13.4. The monoisotopic (exact) mass is 458 g/mol. The van der Waals surface area contributed by atoms with Crippen LogP contribution in [0.5, 0.6) is 0 Å². The van der Waals surface area contributed by atoms with Gasteiger partial charge in [-0.25, -0.2) is 13.8 Å². The van der Waals surface area contributed by atoms with E-state index in [1.807, 2.05) is 0 Å². The largest absolute Gasteiger partial charge is 0.310 e. The number of aryl methyl sites for hydroxylation is 1. The third kappa shape index (κ3) is 3.86. The van der Waals surface area contributed by atoms with Gasteiger partial charge in [0.25, 0.3) is 18.1 Å². The molecule has 168 valence electrons. The number of aromatic nitrogens is 4. The molecule has 1 N–H and O–H groups in total. The highest BCUT2D eigenvalue weighted by Crippen LogP contribution is 2.45. The topological polar surface area (TPSA) is 96.0 Å². The number of thiophene rings is 1. The Hall–Kier alpha value is -2.93. The van der Waals surface area contributed by atoms with E-state index in [1.54, 1.807) is 6.92 Å². The van der Waals surface area contributed by atoms with Gasteiger partial charge in [-0.1, -0.05) is 27.2 Å². The Morgan fingerprint density at radius 1 is 1.44 bits per heavy atom. The fraction of sp³-hybridized carbons (Fsp3) is 0.500. The van der Waals surface area contributed by atoms with E-state index >= 15 is 0 Å². The van der Waals surface area contributed by atoms with Gasteiger partial charge >= 0.3 is 0 Å². The van der Waals surface area contributed by atoms with Gasteiger partial charge in [0.15, 0.2) is 0 Å². The van der Waals surface area contributed by atoms with Crippen molar-refractivity contribution >= 4 is 28.0 Å². The lowest BCUT2D eigenvalue weighted by Gasteiger charge is -2.36. The number of carbonyl (C=O) groups excluding carboxylic acids is 1. The molecule has 0 saturated heterocycles. The summed E-state index contributed by atoms with van der Waals surface area (Å²) < 4.78 is 27.6. The molecule has 1 amide bonds. The number of hydrogen-bond donors (Lipinski definition) is 1. The minimum atomic E-state index is -2.79. The molecule has 1 aliphatic rings. The van der Waals surface area contributed by atoms with Crippen molar-refractivity contribution in [3.05, 3.63) is 39.3 Å². The van der Waals surface area contributed by atoms with Gasteiger partial charge in [-0.05, 0) is 49.1 Å². The van der Waals surface area contributed by atoms with Crippen molar-refractivity contribution in [1.82, 2.24) is 19.6 Å². The lowest BCUT2D eigenvalue weighted by molar-refractivity contribution is 0.101. The van der Waals surface area contributed by atoms with Gasteiger partial charge in [0.05, 0.1) is 5.56 Å². The highest BCUT2D eigenvalue weighted by atomic mass is 32.1. The summed E-state index contributed by atoms with van der Waals surface area (Å²) in [7, 11) is 0. The van der Waals surface area contributed by atoms with Crippen LogP contribution in [0.1, 0.15) is 78.0 Å². The fourth-order valence-electron chi connectivity index (χ4n) is 4.17. The lowest BCUT2D eigenvalue weighted by Crippen LogP contribution is -2.28. The van der Waals surface area contributed by atoms with E-state index in [2.05, 4.69) is 47.2 Å². The second kappa shape index (κ2) is 8.20. The fourth-order valence-corrected chi connectivity index (χ4v) is 5.45. The molecule has 0 fully saturated rings. The number of fused-ring (bicyclic) bond motifs is 2. The van der Waals surface area contributed by atoms with E-state index in [4.69, 9.17) is 0 Å². The minimum Gasteiger partial charge on any atom is -0.310 e. The predicted molar refractivity (Wildman–Crippen MR) is 117 cm³/mol. The van der Waals surface area contributed by atoms with E-state index in [9.17, 15) is 18.8 Å². The molecule has 0 bridgehead atoms. The van der Waals surface area contributed by atoms with Crippen LogP contribution in [0.3, 0.4) is 0 Å². The quantitative estimate of drug-likeness (QED) is 0.574. The molecule has 1 atom stereocenters. The zero-order valence-electron chi connectivity index (χ0n) is 18.4. The summed E-state index contributed by atoms with van der Waals surface area (Å²) in [6, 6.07) is 3.44. The Morgan fingerprint density at radius 3 is 2.84 bits per heavy atom. The highest BCUT2D eigenvalue weighted by molar-refractivity contribution is 7.16. The van der Waals surface area contributed by atoms with Gasteiger partial charge in [0, 0.05) is 10.6 Å². The van der Waals surface area contributed by atoms with Crippen LogP contribution in [0.4, 0.5) is 13.8 Å². The van der Waals surface area contributed by atoms with Gasteiger partial charge in [-0.15, -0.1) is 16.4 Å². The van der Waals surface area contributed by atoms with E-state index in [0.717, 1.165) is 40.6 Å². The first-order valence-corrected chi connectivity index (χ1v) is 11.3. The van der Waals surface area contributed by atoms with Crippen molar-refractivity contribution in [2.24, 2.45) is 11.3 Å². The van der Waals surface area contributed by atoms with Crippen molar-refractivity contribution < 1.29 is 13.6 Å². The minimum absolute atomic E-state index is 0.0685. The van der Waals surface area contributed by atoms with Gasteiger partial charge in [0.1, 0.15) is 16.8 Å². The second-order valence-electron chi connectivity index (χ2n) is 8.83. The highest BCUT2D eigenvalue weighted by Gasteiger charge is 2.34. The van der Waals surface area contributed by atoms with Gasteiger partial charge in [-0.2, -0.15) is 14.8 Å². The third-order valence-corrected chi connectivity index (χ3v) is 7.68. The molecule has 3 aromatic rings. The normalized spacial score (nSPS) is 16.2. The third-order valence-electron chi connectivity index (χ3n) is 6.51. The van der Waals surface area contributed by atoms with E-state index in [1.165, 1.54) is 17.4 Å². The predicted octanol–water partition coefficient (Wildman–Crippen LogP) is 5.10. The molecule has 0 spiro atoms. The average molecular weight is 459 g/mol. The number of nitrogens with one attached hydrogen (secondary N) is 1. The summed E-state index contributed by atoms with van der Waals surface area (Å²) >= 11 is 1.40. The first-order chi connectivity index (χ1) is 15.1. The number of nitrogens with zero attached hydrogens (tertiary/aromatic N) is 5. The van der Waals surface area contributed by atoms with Crippen LogP contribution in [-0.4, -0.2) is 25.5 Å². The van der Waals surface area contributed by atoms with Gasteiger partial charge in [-0.3, -0.25) is 4.79 Å². The zero-order chi connectivity index (χ0) is 23.2. The lowest BCUT2D eigenvalue weighted by atomic mass is 9.69. The molecule has 0 aromatic carbocycles. The maximum Gasteiger partial charge on any atom is 0.296 e. The smallest absolute Gasteiger partial charge is 0.296 e. The Kier molecular flexibility index (Phi) is 5.71. The molecule has 10 heteroatoms. The number of hydrogen-bond acceptors (Lipinski definition) is 6. The van der Waals surface area contributed by atoms with E-state index in [0.29, 0.717) is 22.2 Å². The Morgan fingerprint density at radius 2 is 2.19 bits per heavy atom. The van der Waals surface area contributed by atoms with E-state index < -0.39 is 12.3 Å². The molecule has 4 rings (SSSR count). The molecule has 0 radical (unpaired) electrons. The Labute approximate surface area is 188 Å². The van der Waals surface area contributed by atoms with Crippen LogP contribution < -0.4 is 5.32 Å². The molecule has 0 aliphatic heterocycles. The number of carbonyl (C=O) groups is 1. The average Bonchev–Trinajstić information content (AvgIpc) is 3.32. The molecular formula is C22H24F2N6OS. The maximum absolute atomic E-state index is 13.4. The van der Waals surface area contributed by atoms with Crippen LogP contribution in [0.15, 0.2) is 6.07 Å². The SMILES string of the molecule is CCC(C)(C)C1CCc2c(sc(NC(=O)c3nc4nc(C)cc(C(F)F)n4n3)c2C#N)C1. The molecular weight excluding hydrogens is 434 g/mol. The summed E-state index contributed by atoms with van der Waals surface area (Å²) in [5.41, 5.74) is 1.64. The number of amides is 1. The van der Waals surface area contributed by atoms with Crippen molar-refractivity contribution in [3.63, 3.8) is 0 Å². The molecule has 3 heterocycles. The van der Waals surface area contributed by atoms with Crippen LogP contribution >= 0.6 is 11.3 Å². The van der Waals surface area contributed by atoms with Crippen LogP contribution in [-0.2, 0) is 12.8 Å². The van der Waals surface area contributed by atoms with Crippen molar-refractivity contribution in [2.75, 3.05) is 5.32 Å². The Bertz CT molecular complexity index is 1240. The van der Waals surface area contributed by atoms with Crippen molar-refractivity contribution in [2.45, 2.75) is 59.8 Å². The number of nitriles is 1. The zero-order valence-corrected chi connectivity index (χ0v) is 19.2. The van der Waals surface area contributed by atoms with Crippen molar-refractivity contribution in [3.8, 4) is 6.07 Å². The van der Waals surface area contributed by atoms with Crippen LogP contribution in [0.2, 0.25) is 0 Å². The summed E-state index contributed by atoms with van der Waals surface area (Å²) in [4.78, 5) is 22.1. The molecule has 7 nitrogen and oxygen atoms in total. The van der Waals surface area contributed by atoms with E-state index in [-0.39, 0.29) is 22.7 Å². The van der Waals surface area contributed by atoms with Crippen molar-refractivity contribution in [1.29, 1.82) is 5.26 Å². The molecule has 1 unspecified atom stereocenters. The van der Waals surface area contributed by atoms with Crippen LogP contribution in [0, 0.1) is 29.6 Å². The van der Waals surface area contributed by atoms with Crippen LogP contribution in [0.25, 0.3) is 5.78 Å². The number of rotatable bonds is 5. The summed E-state index contributed by atoms with van der Waals surface area (Å²) in [6.45, 7) is 8.29. The first-order valence-electron chi connectivity index (χ1n) is 10.5. The summed E-state index contributed by atoms with van der Waals surface area (Å²) in [6.07, 6.45) is 0.958. The number of anilines is 1. The Balaban J connectivity index is 1.64. The number of halogens is 2. The number of alkyl halides is 2. The molecule has 1 aliphatic carbocycles. The standard InChI is InChI=1S/C22H24F2N6OS/c1-5-22(3,4)12-6-7-13-14(10-25)20(32-16(13)9-12)28-19(31)18-27-21-26-11(2)8-15(17(23)24)30(21)29-18/h8,12,17H,5-7,9H2,1-4H3,(H,28,31). The summed E-state index contributed by atoms with van der Waals surface area (Å²) in [5, 5.41) is 16.9. The summed E-state index contributed by atoms with van der Waals surface area (Å²) in [5.74, 6) is -0.490. The molecule has 0 saturated carbocycles.